The van der Waals surface area contributed by atoms with Crippen LogP contribution in [0.3, 0.4) is 0 Å². The molecule has 3 nitrogen and oxygen atoms in total. The third kappa shape index (κ3) is 2.87. The summed E-state index contributed by atoms with van der Waals surface area (Å²) in [6.45, 7) is 4.20. The van der Waals surface area contributed by atoms with Crippen LogP contribution in [-0.2, 0) is 17.6 Å². The van der Waals surface area contributed by atoms with Crippen LogP contribution in [0.25, 0.3) is 11.1 Å². The zero-order valence-corrected chi connectivity index (χ0v) is 13.0. The third-order valence-corrected chi connectivity index (χ3v) is 4.97. The normalized spacial score (nSPS) is 14.3. The Morgan fingerprint density at radius 2 is 2.00 bits per heavy atom. The van der Waals surface area contributed by atoms with Gasteiger partial charge < -0.3 is 10.1 Å². The van der Waals surface area contributed by atoms with E-state index >= 15 is 0 Å². The van der Waals surface area contributed by atoms with Gasteiger partial charge in [-0.3, -0.25) is 0 Å². The van der Waals surface area contributed by atoms with Gasteiger partial charge in [0, 0.05) is 10.4 Å². The molecule has 0 amide bonds. The highest BCUT2D eigenvalue weighted by molar-refractivity contribution is 7.14. The van der Waals surface area contributed by atoms with Gasteiger partial charge in [-0.1, -0.05) is 30.3 Å². The molecule has 0 saturated carbocycles. The first-order valence-electron chi connectivity index (χ1n) is 7.39. The lowest BCUT2D eigenvalue weighted by atomic mass is 9.98. The number of carbonyl (C=O) groups excluding carboxylic acids is 1. The van der Waals surface area contributed by atoms with Crippen LogP contribution in [0.4, 0.5) is 0 Å². The largest absolute Gasteiger partial charge is 0.462 e. The minimum absolute atomic E-state index is 0.192. The molecule has 2 aromatic rings. The van der Waals surface area contributed by atoms with Gasteiger partial charge in [-0.2, -0.15) is 0 Å². The molecule has 0 bridgehead atoms. The second kappa shape index (κ2) is 6.41. The van der Waals surface area contributed by atoms with Gasteiger partial charge in [0.05, 0.1) is 6.61 Å². The fraction of sp³-hybridized carbons (Fsp3) is 0.353. The van der Waals surface area contributed by atoms with Gasteiger partial charge in [-0.15, -0.1) is 11.3 Å². The molecule has 1 aromatic heterocycles. The maximum atomic E-state index is 12.3. The monoisotopic (exact) mass is 301 g/mol. The Labute approximate surface area is 129 Å². The molecule has 0 saturated heterocycles. The number of ether oxygens (including phenoxy) is 1. The van der Waals surface area contributed by atoms with Crippen LogP contribution in [0.15, 0.2) is 30.3 Å². The van der Waals surface area contributed by atoms with Crippen molar-refractivity contribution in [3.63, 3.8) is 0 Å². The molecule has 0 atom stereocenters. The number of thiophene rings is 1. The topological polar surface area (TPSA) is 38.3 Å². The number of benzene rings is 1. The summed E-state index contributed by atoms with van der Waals surface area (Å²) in [5.41, 5.74) is 3.51. The molecule has 0 unspecified atom stereocenters. The molecule has 1 aliphatic rings. The number of hydrogen-bond acceptors (Lipinski definition) is 4. The smallest absolute Gasteiger partial charge is 0.348 e. The Hall–Kier alpha value is -1.65. The summed E-state index contributed by atoms with van der Waals surface area (Å²) in [5.74, 6) is -0.192. The van der Waals surface area contributed by atoms with E-state index in [1.807, 2.05) is 25.1 Å². The molecule has 2 heterocycles. The summed E-state index contributed by atoms with van der Waals surface area (Å²) in [6, 6.07) is 10.2. The highest BCUT2D eigenvalue weighted by Gasteiger charge is 2.25. The Balaban J connectivity index is 2.13. The van der Waals surface area contributed by atoms with Gasteiger partial charge in [0.25, 0.3) is 0 Å². The molecule has 1 aromatic carbocycles. The number of carbonyl (C=O) groups is 1. The summed E-state index contributed by atoms with van der Waals surface area (Å²) in [4.78, 5) is 14.4. The van der Waals surface area contributed by atoms with E-state index in [0.717, 1.165) is 41.9 Å². The average Bonchev–Trinajstić information content (AvgIpc) is 2.72. The molecule has 1 aliphatic heterocycles. The Morgan fingerprint density at radius 3 is 2.76 bits per heavy atom. The van der Waals surface area contributed by atoms with E-state index in [9.17, 15) is 4.79 Å². The fourth-order valence-electron chi connectivity index (χ4n) is 2.77. The van der Waals surface area contributed by atoms with E-state index in [0.29, 0.717) is 6.61 Å². The van der Waals surface area contributed by atoms with Gasteiger partial charge in [-0.25, -0.2) is 4.79 Å². The summed E-state index contributed by atoms with van der Waals surface area (Å²) in [7, 11) is 0. The second-order valence-electron chi connectivity index (χ2n) is 5.04. The summed E-state index contributed by atoms with van der Waals surface area (Å²) >= 11 is 1.60. The third-order valence-electron chi connectivity index (χ3n) is 3.69. The molecular formula is C17H19NO2S. The maximum Gasteiger partial charge on any atom is 0.348 e. The Bertz CT molecular complexity index is 634. The molecular weight excluding hydrogens is 282 g/mol. The number of esters is 1. The molecule has 1 N–H and O–H groups in total. The van der Waals surface area contributed by atoms with Crippen molar-refractivity contribution in [2.75, 3.05) is 19.7 Å². The number of fused-ring (bicyclic) bond motifs is 1. The van der Waals surface area contributed by atoms with E-state index in [2.05, 4.69) is 17.4 Å². The van der Waals surface area contributed by atoms with Crippen LogP contribution in [0.5, 0.6) is 0 Å². The maximum absolute atomic E-state index is 12.3. The van der Waals surface area contributed by atoms with Crippen molar-refractivity contribution in [3.8, 4) is 11.1 Å². The fourth-order valence-corrected chi connectivity index (χ4v) is 4.03. The van der Waals surface area contributed by atoms with Crippen LogP contribution in [0.2, 0.25) is 0 Å². The molecule has 21 heavy (non-hydrogen) atoms. The highest BCUT2D eigenvalue weighted by Crippen LogP contribution is 2.38. The van der Waals surface area contributed by atoms with Crippen LogP contribution < -0.4 is 5.32 Å². The number of nitrogens with one attached hydrogen (secondary N) is 1. The first kappa shape index (κ1) is 14.3. The van der Waals surface area contributed by atoms with Crippen LogP contribution in [0.1, 0.15) is 27.0 Å². The SMILES string of the molecule is CCOC(=O)c1sc2c(c1-c1ccccc1)CCNCC2. The van der Waals surface area contributed by atoms with Crippen LogP contribution in [-0.4, -0.2) is 25.7 Å². The Morgan fingerprint density at radius 1 is 1.24 bits per heavy atom. The predicted molar refractivity (Wildman–Crippen MR) is 86.0 cm³/mol. The molecule has 110 valence electrons. The van der Waals surface area contributed by atoms with Crippen LogP contribution >= 0.6 is 11.3 Å². The highest BCUT2D eigenvalue weighted by atomic mass is 32.1. The summed E-state index contributed by atoms with van der Waals surface area (Å²) in [5, 5.41) is 3.42. The molecule has 4 heteroatoms. The van der Waals surface area contributed by atoms with E-state index in [-0.39, 0.29) is 5.97 Å². The molecule has 0 fully saturated rings. The number of hydrogen-bond donors (Lipinski definition) is 1. The average molecular weight is 301 g/mol. The number of rotatable bonds is 3. The van der Waals surface area contributed by atoms with Gasteiger partial charge in [0.15, 0.2) is 0 Å². The van der Waals surface area contributed by atoms with Gasteiger partial charge in [0.1, 0.15) is 4.88 Å². The van der Waals surface area contributed by atoms with E-state index in [1.165, 1.54) is 10.4 Å². The molecule has 3 rings (SSSR count). The minimum Gasteiger partial charge on any atom is -0.462 e. The van der Waals surface area contributed by atoms with E-state index < -0.39 is 0 Å². The van der Waals surface area contributed by atoms with Crippen molar-refractivity contribution < 1.29 is 9.53 Å². The van der Waals surface area contributed by atoms with Crippen LogP contribution in [0, 0.1) is 0 Å². The van der Waals surface area contributed by atoms with Gasteiger partial charge in [0.2, 0.25) is 0 Å². The van der Waals surface area contributed by atoms with E-state index in [1.54, 1.807) is 11.3 Å². The lowest BCUT2D eigenvalue weighted by Crippen LogP contribution is -2.16. The zero-order valence-electron chi connectivity index (χ0n) is 12.1. The van der Waals surface area contributed by atoms with Crippen molar-refractivity contribution in [1.82, 2.24) is 5.32 Å². The van der Waals surface area contributed by atoms with Gasteiger partial charge in [-0.05, 0) is 44.0 Å². The van der Waals surface area contributed by atoms with E-state index in [4.69, 9.17) is 4.74 Å². The lowest BCUT2D eigenvalue weighted by Gasteiger charge is -2.08. The second-order valence-corrected chi connectivity index (χ2v) is 6.15. The Kier molecular flexibility index (Phi) is 4.36. The van der Waals surface area contributed by atoms with Crippen molar-refractivity contribution in [1.29, 1.82) is 0 Å². The first-order chi connectivity index (χ1) is 10.3. The molecule has 0 spiro atoms. The van der Waals surface area contributed by atoms with Crippen molar-refractivity contribution >= 4 is 17.3 Å². The first-order valence-corrected chi connectivity index (χ1v) is 8.20. The van der Waals surface area contributed by atoms with Crippen molar-refractivity contribution in [2.24, 2.45) is 0 Å². The standard InChI is InChI=1S/C17H19NO2S/c1-2-20-17(19)16-15(12-6-4-3-5-7-12)13-8-10-18-11-9-14(13)21-16/h3-7,18H,2,8-11H2,1H3. The minimum atomic E-state index is -0.192. The summed E-state index contributed by atoms with van der Waals surface area (Å²) < 4.78 is 5.25. The molecule has 0 radical (unpaired) electrons. The zero-order chi connectivity index (χ0) is 14.7. The quantitative estimate of drug-likeness (QED) is 0.884. The lowest BCUT2D eigenvalue weighted by molar-refractivity contribution is 0.0533. The predicted octanol–water partition coefficient (Wildman–Crippen LogP) is 3.28. The van der Waals surface area contributed by atoms with Gasteiger partial charge >= 0.3 is 5.97 Å². The van der Waals surface area contributed by atoms with Crippen molar-refractivity contribution in [3.05, 3.63) is 45.6 Å². The molecule has 0 aliphatic carbocycles. The van der Waals surface area contributed by atoms with Crippen molar-refractivity contribution in [2.45, 2.75) is 19.8 Å². The summed E-state index contributed by atoms with van der Waals surface area (Å²) in [6.07, 6.45) is 1.95.